The SMILES string of the molecule is CC(=O)CC(C)Cc1nc2ccccc2s1. The Kier molecular flexibility index (Phi) is 3.34. The van der Waals surface area contributed by atoms with Crippen LogP contribution >= 0.6 is 11.3 Å². The third-order valence-electron chi connectivity index (χ3n) is 2.50. The van der Waals surface area contributed by atoms with Gasteiger partial charge in [-0.15, -0.1) is 11.3 Å². The van der Waals surface area contributed by atoms with E-state index in [2.05, 4.69) is 18.0 Å². The highest BCUT2D eigenvalue weighted by atomic mass is 32.1. The fourth-order valence-corrected chi connectivity index (χ4v) is 3.00. The van der Waals surface area contributed by atoms with E-state index in [9.17, 15) is 4.79 Å². The summed E-state index contributed by atoms with van der Waals surface area (Å²) in [5.74, 6) is 0.645. The highest BCUT2D eigenvalue weighted by molar-refractivity contribution is 7.18. The number of benzene rings is 1. The van der Waals surface area contributed by atoms with E-state index < -0.39 is 0 Å². The largest absolute Gasteiger partial charge is 0.300 e. The van der Waals surface area contributed by atoms with Gasteiger partial charge in [0.05, 0.1) is 15.2 Å². The number of aromatic nitrogens is 1. The second-order valence-corrected chi connectivity index (χ2v) is 5.41. The molecule has 84 valence electrons. The van der Waals surface area contributed by atoms with Gasteiger partial charge < -0.3 is 4.79 Å². The smallest absolute Gasteiger partial charge is 0.130 e. The van der Waals surface area contributed by atoms with Crippen LogP contribution in [-0.2, 0) is 11.2 Å². The summed E-state index contributed by atoms with van der Waals surface area (Å²) in [5, 5.41) is 1.13. The molecule has 0 fully saturated rings. The number of carbonyl (C=O) groups is 1. The molecule has 0 N–H and O–H groups in total. The number of rotatable bonds is 4. The first-order valence-electron chi connectivity index (χ1n) is 5.49. The molecule has 16 heavy (non-hydrogen) atoms. The molecule has 0 radical (unpaired) electrons. The molecule has 0 aliphatic heterocycles. The average Bonchev–Trinajstić information content (AvgIpc) is 2.57. The lowest BCUT2D eigenvalue weighted by Crippen LogP contribution is -2.04. The Morgan fingerprint density at radius 3 is 2.88 bits per heavy atom. The van der Waals surface area contributed by atoms with Crippen molar-refractivity contribution in [2.75, 3.05) is 0 Å². The van der Waals surface area contributed by atoms with Crippen LogP contribution in [0.15, 0.2) is 24.3 Å². The Hall–Kier alpha value is -1.22. The van der Waals surface area contributed by atoms with Crippen LogP contribution in [0.2, 0.25) is 0 Å². The number of ketones is 1. The van der Waals surface area contributed by atoms with E-state index in [0.29, 0.717) is 12.3 Å². The second kappa shape index (κ2) is 4.74. The molecule has 1 aromatic heterocycles. The Labute approximate surface area is 99.3 Å². The van der Waals surface area contributed by atoms with Crippen LogP contribution in [0.25, 0.3) is 10.2 Å². The quantitative estimate of drug-likeness (QED) is 0.809. The third-order valence-corrected chi connectivity index (χ3v) is 3.56. The molecule has 0 spiro atoms. The highest BCUT2D eigenvalue weighted by Gasteiger charge is 2.10. The third kappa shape index (κ3) is 2.67. The maximum Gasteiger partial charge on any atom is 0.130 e. The number of carbonyl (C=O) groups excluding carboxylic acids is 1. The van der Waals surface area contributed by atoms with E-state index in [1.54, 1.807) is 18.3 Å². The van der Waals surface area contributed by atoms with Crippen molar-refractivity contribution < 1.29 is 4.79 Å². The maximum absolute atomic E-state index is 11.0. The Balaban J connectivity index is 2.12. The van der Waals surface area contributed by atoms with Crippen molar-refractivity contribution in [2.45, 2.75) is 26.7 Å². The van der Waals surface area contributed by atoms with Crippen molar-refractivity contribution in [2.24, 2.45) is 5.92 Å². The highest BCUT2D eigenvalue weighted by Crippen LogP contribution is 2.24. The van der Waals surface area contributed by atoms with Gasteiger partial charge in [0.1, 0.15) is 5.78 Å². The molecule has 1 aromatic carbocycles. The summed E-state index contributed by atoms with van der Waals surface area (Å²) in [6.45, 7) is 3.75. The molecule has 2 rings (SSSR count). The van der Waals surface area contributed by atoms with Crippen molar-refractivity contribution >= 4 is 27.3 Å². The van der Waals surface area contributed by atoms with Gasteiger partial charge in [0.2, 0.25) is 0 Å². The van der Waals surface area contributed by atoms with Crippen LogP contribution in [0.1, 0.15) is 25.3 Å². The summed E-state index contributed by atoms with van der Waals surface area (Å²) >= 11 is 1.73. The second-order valence-electron chi connectivity index (χ2n) is 4.29. The Morgan fingerprint density at radius 2 is 2.19 bits per heavy atom. The molecule has 1 unspecified atom stereocenters. The predicted molar refractivity (Wildman–Crippen MR) is 67.8 cm³/mol. The lowest BCUT2D eigenvalue weighted by molar-refractivity contribution is -0.117. The molecule has 0 saturated carbocycles. The van der Waals surface area contributed by atoms with E-state index in [-0.39, 0.29) is 5.78 Å². The van der Waals surface area contributed by atoms with Crippen LogP contribution in [-0.4, -0.2) is 10.8 Å². The van der Waals surface area contributed by atoms with Gasteiger partial charge in [0, 0.05) is 12.8 Å². The molecule has 0 bridgehead atoms. The van der Waals surface area contributed by atoms with Crippen LogP contribution in [0, 0.1) is 5.92 Å². The molecular weight excluding hydrogens is 218 g/mol. The monoisotopic (exact) mass is 233 g/mol. The van der Waals surface area contributed by atoms with Gasteiger partial charge in [-0.2, -0.15) is 0 Å². The number of hydrogen-bond acceptors (Lipinski definition) is 3. The average molecular weight is 233 g/mol. The molecule has 2 nitrogen and oxygen atoms in total. The van der Waals surface area contributed by atoms with E-state index in [0.717, 1.165) is 16.9 Å². The molecule has 3 heteroatoms. The van der Waals surface area contributed by atoms with E-state index >= 15 is 0 Å². The van der Waals surface area contributed by atoms with E-state index in [4.69, 9.17) is 0 Å². The topological polar surface area (TPSA) is 30.0 Å². The molecular formula is C13H15NOS. The zero-order chi connectivity index (χ0) is 11.5. The zero-order valence-electron chi connectivity index (χ0n) is 9.56. The molecule has 0 amide bonds. The fraction of sp³-hybridized carbons (Fsp3) is 0.385. The lowest BCUT2D eigenvalue weighted by atomic mass is 10.0. The molecule has 0 aliphatic carbocycles. The number of hydrogen-bond donors (Lipinski definition) is 0. The number of thiazole rings is 1. The molecule has 2 aromatic rings. The molecule has 0 aliphatic rings. The van der Waals surface area contributed by atoms with Gasteiger partial charge in [-0.05, 0) is 25.0 Å². The summed E-state index contributed by atoms with van der Waals surface area (Å²) < 4.78 is 1.23. The van der Waals surface area contributed by atoms with Crippen LogP contribution in [0.3, 0.4) is 0 Å². The van der Waals surface area contributed by atoms with Crippen molar-refractivity contribution in [1.82, 2.24) is 4.98 Å². The summed E-state index contributed by atoms with van der Waals surface area (Å²) in [4.78, 5) is 15.6. The Bertz CT molecular complexity index is 470. The summed E-state index contributed by atoms with van der Waals surface area (Å²) in [6.07, 6.45) is 1.55. The number of nitrogens with zero attached hydrogens (tertiary/aromatic N) is 1. The van der Waals surface area contributed by atoms with Gasteiger partial charge in [-0.1, -0.05) is 19.1 Å². The number of para-hydroxylation sites is 1. The van der Waals surface area contributed by atoms with Gasteiger partial charge in [-0.25, -0.2) is 4.98 Å². The lowest BCUT2D eigenvalue weighted by Gasteiger charge is -2.05. The molecule has 1 heterocycles. The molecule has 1 atom stereocenters. The van der Waals surface area contributed by atoms with Crippen molar-refractivity contribution in [3.63, 3.8) is 0 Å². The van der Waals surface area contributed by atoms with E-state index in [1.165, 1.54) is 4.70 Å². The van der Waals surface area contributed by atoms with Crippen molar-refractivity contribution in [1.29, 1.82) is 0 Å². The fourth-order valence-electron chi connectivity index (χ4n) is 1.87. The number of fused-ring (bicyclic) bond motifs is 1. The van der Waals surface area contributed by atoms with Gasteiger partial charge in [-0.3, -0.25) is 0 Å². The first-order chi connectivity index (χ1) is 7.65. The van der Waals surface area contributed by atoms with Crippen molar-refractivity contribution in [3.05, 3.63) is 29.3 Å². The normalized spacial score (nSPS) is 12.9. The van der Waals surface area contributed by atoms with E-state index in [1.807, 2.05) is 18.2 Å². The van der Waals surface area contributed by atoms with Crippen LogP contribution < -0.4 is 0 Å². The summed E-state index contributed by atoms with van der Waals surface area (Å²) in [5.41, 5.74) is 1.07. The van der Waals surface area contributed by atoms with Gasteiger partial charge >= 0.3 is 0 Å². The minimum absolute atomic E-state index is 0.258. The Morgan fingerprint density at radius 1 is 1.44 bits per heavy atom. The van der Waals surface area contributed by atoms with Crippen molar-refractivity contribution in [3.8, 4) is 0 Å². The summed E-state index contributed by atoms with van der Waals surface area (Å²) in [6, 6.07) is 8.16. The zero-order valence-corrected chi connectivity index (χ0v) is 10.4. The first-order valence-corrected chi connectivity index (χ1v) is 6.30. The minimum Gasteiger partial charge on any atom is -0.300 e. The van der Waals surface area contributed by atoms with Crippen LogP contribution in [0.5, 0.6) is 0 Å². The standard InChI is InChI=1S/C13H15NOS/c1-9(7-10(2)15)8-13-14-11-5-3-4-6-12(11)16-13/h3-6,9H,7-8H2,1-2H3. The molecule has 0 saturated heterocycles. The number of Topliss-reactive ketones (excluding diaryl/α,β-unsaturated/α-hetero) is 1. The maximum atomic E-state index is 11.0. The predicted octanol–water partition coefficient (Wildman–Crippen LogP) is 3.45. The minimum atomic E-state index is 0.258. The van der Waals surface area contributed by atoms with Gasteiger partial charge in [0.25, 0.3) is 0 Å². The van der Waals surface area contributed by atoms with Gasteiger partial charge in [0.15, 0.2) is 0 Å². The van der Waals surface area contributed by atoms with Crippen LogP contribution in [0.4, 0.5) is 0 Å². The summed E-state index contributed by atoms with van der Waals surface area (Å²) in [7, 11) is 0. The first kappa shape index (κ1) is 11.3.